The highest BCUT2D eigenvalue weighted by molar-refractivity contribution is 5.71. The number of hydrogen-bond donors (Lipinski definition) is 1. The highest BCUT2D eigenvalue weighted by atomic mass is 16.5. The van der Waals surface area contributed by atoms with E-state index in [0.717, 1.165) is 12.0 Å². The molecule has 0 bridgehead atoms. The second-order valence-corrected chi connectivity index (χ2v) is 6.56. The first kappa shape index (κ1) is 20.2. The smallest absolute Gasteiger partial charge is 0.308 e. The lowest BCUT2D eigenvalue weighted by molar-refractivity contribution is -0.133. The van der Waals surface area contributed by atoms with Crippen LogP contribution < -0.4 is 14.8 Å². The monoisotopic (exact) mass is 335 g/mol. The number of carbonyl (C=O) groups is 2. The molecule has 0 amide bonds. The zero-order chi connectivity index (χ0) is 18.1. The summed E-state index contributed by atoms with van der Waals surface area (Å²) in [4.78, 5) is 22.3. The van der Waals surface area contributed by atoms with E-state index in [1.165, 1.54) is 26.7 Å². The van der Waals surface area contributed by atoms with E-state index in [1.54, 1.807) is 18.2 Å². The van der Waals surface area contributed by atoms with Gasteiger partial charge in [-0.25, -0.2) is 0 Å². The summed E-state index contributed by atoms with van der Waals surface area (Å²) in [6.07, 6.45) is 3.48. The Labute approximate surface area is 144 Å². The topological polar surface area (TPSA) is 64.6 Å². The Balaban J connectivity index is 2.70. The lowest BCUT2D eigenvalue weighted by Gasteiger charge is -2.16. The van der Waals surface area contributed by atoms with Gasteiger partial charge in [0.15, 0.2) is 0 Å². The molecule has 0 aliphatic carbocycles. The van der Waals surface area contributed by atoms with Crippen LogP contribution in [0.2, 0.25) is 0 Å². The Kier molecular flexibility index (Phi) is 8.47. The Bertz CT molecular complexity index is 554. The van der Waals surface area contributed by atoms with Crippen LogP contribution in [0, 0.1) is 5.92 Å². The van der Waals surface area contributed by atoms with E-state index in [9.17, 15) is 9.59 Å². The minimum Gasteiger partial charge on any atom is -0.427 e. The fourth-order valence-corrected chi connectivity index (χ4v) is 2.40. The van der Waals surface area contributed by atoms with Crippen molar-refractivity contribution in [3.63, 3.8) is 0 Å². The molecule has 0 aliphatic rings. The van der Waals surface area contributed by atoms with Crippen LogP contribution in [0.25, 0.3) is 0 Å². The van der Waals surface area contributed by atoms with Crippen LogP contribution in [-0.2, 0) is 16.1 Å². The summed E-state index contributed by atoms with van der Waals surface area (Å²) in [6.45, 7) is 9.86. The number of benzene rings is 1. The third-order valence-electron chi connectivity index (χ3n) is 3.61. The van der Waals surface area contributed by atoms with Crippen molar-refractivity contribution in [3.8, 4) is 11.5 Å². The Morgan fingerprint density at radius 3 is 2.29 bits per heavy atom. The molecule has 0 radical (unpaired) electrons. The number of carbonyl (C=O) groups excluding carboxylic acids is 2. The van der Waals surface area contributed by atoms with Crippen molar-refractivity contribution in [2.75, 3.05) is 0 Å². The van der Waals surface area contributed by atoms with Crippen molar-refractivity contribution < 1.29 is 19.1 Å². The highest BCUT2D eigenvalue weighted by Gasteiger charge is 2.11. The maximum atomic E-state index is 11.2. The summed E-state index contributed by atoms with van der Waals surface area (Å²) in [7, 11) is 0. The number of rotatable bonds is 9. The first-order valence-corrected chi connectivity index (χ1v) is 8.51. The van der Waals surface area contributed by atoms with Crippen molar-refractivity contribution in [2.45, 2.75) is 66.5 Å². The second-order valence-electron chi connectivity index (χ2n) is 6.56. The van der Waals surface area contributed by atoms with Crippen molar-refractivity contribution >= 4 is 11.9 Å². The largest absolute Gasteiger partial charge is 0.427 e. The zero-order valence-corrected chi connectivity index (χ0v) is 15.3. The van der Waals surface area contributed by atoms with E-state index in [4.69, 9.17) is 9.47 Å². The average Bonchev–Trinajstić information content (AvgIpc) is 2.45. The van der Waals surface area contributed by atoms with Gasteiger partial charge >= 0.3 is 11.9 Å². The number of ether oxygens (including phenoxy) is 2. The van der Waals surface area contributed by atoms with Crippen LogP contribution in [0.1, 0.15) is 59.4 Å². The Morgan fingerprint density at radius 2 is 1.71 bits per heavy atom. The van der Waals surface area contributed by atoms with Gasteiger partial charge in [0.05, 0.1) is 0 Å². The summed E-state index contributed by atoms with van der Waals surface area (Å²) < 4.78 is 10.3. The summed E-state index contributed by atoms with van der Waals surface area (Å²) in [5.74, 6) is 0.897. The fraction of sp³-hybridized carbons (Fsp3) is 0.579. The first-order valence-electron chi connectivity index (χ1n) is 8.51. The van der Waals surface area contributed by atoms with Gasteiger partial charge in [-0.05, 0) is 37.5 Å². The molecule has 0 aromatic heterocycles. The Morgan fingerprint density at radius 1 is 1.04 bits per heavy atom. The SMILES string of the molecule is CC(=O)Oc1ccc(OC(C)=O)c(CNC(C)CCCC(C)C)c1. The Hall–Kier alpha value is -1.88. The fourth-order valence-electron chi connectivity index (χ4n) is 2.40. The predicted molar refractivity (Wildman–Crippen MR) is 94.1 cm³/mol. The molecule has 0 spiro atoms. The zero-order valence-electron chi connectivity index (χ0n) is 15.3. The lowest BCUT2D eigenvalue weighted by atomic mass is 10.0. The molecule has 1 atom stereocenters. The molecule has 0 fully saturated rings. The van der Waals surface area contributed by atoms with Crippen molar-refractivity contribution in [1.29, 1.82) is 0 Å². The molecule has 0 heterocycles. The van der Waals surface area contributed by atoms with E-state index in [-0.39, 0.29) is 11.9 Å². The van der Waals surface area contributed by atoms with Crippen LogP contribution in [0.5, 0.6) is 11.5 Å². The van der Waals surface area contributed by atoms with Gasteiger partial charge in [-0.1, -0.05) is 26.7 Å². The molecule has 0 saturated heterocycles. The van der Waals surface area contributed by atoms with Crippen molar-refractivity contribution in [3.05, 3.63) is 23.8 Å². The van der Waals surface area contributed by atoms with E-state index in [2.05, 4.69) is 26.1 Å². The minimum atomic E-state index is -0.379. The molecule has 1 unspecified atom stereocenters. The molecule has 134 valence electrons. The van der Waals surface area contributed by atoms with E-state index < -0.39 is 0 Å². The molecule has 1 aromatic carbocycles. The first-order chi connectivity index (χ1) is 11.3. The summed E-state index contributed by atoms with van der Waals surface area (Å²) >= 11 is 0. The van der Waals surface area contributed by atoms with Crippen LogP contribution in [-0.4, -0.2) is 18.0 Å². The molecule has 0 aliphatic heterocycles. The molecule has 1 aromatic rings. The number of nitrogens with one attached hydrogen (secondary N) is 1. The van der Waals surface area contributed by atoms with Gasteiger partial charge in [-0.15, -0.1) is 0 Å². The minimum absolute atomic E-state index is 0.353. The highest BCUT2D eigenvalue weighted by Crippen LogP contribution is 2.25. The van der Waals surface area contributed by atoms with Crippen molar-refractivity contribution in [1.82, 2.24) is 5.32 Å². The van der Waals surface area contributed by atoms with Gasteiger partial charge < -0.3 is 14.8 Å². The summed E-state index contributed by atoms with van der Waals surface area (Å²) in [5, 5.41) is 3.44. The second kappa shape index (κ2) is 10.1. The quantitative estimate of drug-likeness (QED) is 0.549. The molecular weight excluding hydrogens is 306 g/mol. The van der Waals surface area contributed by atoms with Crippen LogP contribution >= 0.6 is 0 Å². The average molecular weight is 335 g/mol. The third-order valence-corrected chi connectivity index (χ3v) is 3.61. The number of esters is 2. The standard InChI is InChI=1S/C19H29NO4/c1-13(2)7-6-8-14(3)20-12-17-11-18(23-15(4)21)9-10-19(17)24-16(5)22/h9-11,13-14,20H,6-8,12H2,1-5H3. The molecule has 5 heteroatoms. The molecule has 1 rings (SSSR count). The third kappa shape index (κ3) is 8.11. The summed E-state index contributed by atoms with van der Waals surface area (Å²) in [5.41, 5.74) is 0.791. The van der Waals surface area contributed by atoms with Crippen molar-refractivity contribution in [2.24, 2.45) is 5.92 Å². The normalized spacial score (nSPS) is 12.1. The van der Waals surface area contributed by atoms with Gasteiger partial charge in [0, 0.05) is 32.0 Å². The summed E-state index contributed by atoms with van der Waals surface area (Å²) in [6, 6.07) is 5.36. The van der Waals surface area contributed by atoms with E-state index >= 15 is 0 Å². The van der Waals surface area contributed by atoms with Crippen LogP contribution in [0.3, 0.4) is 0 Å². The molecule has 5 nitrogen and oxygen atoms in total. The van der Waals surface area contributed by atoms with Gasteiger partial charge in [-0.2, -0.15) is 0 Å². The van der Waals surface area contributed by atoms with Gasteiger partial charge in [0.2, 0.25) is 0 Å². The lowest BCUT2D eigenvalue weighted by Crippen LogP contribution is -2.26. The van der Waals surface area contributed by atoms with Crippen LogP contribution in [0.4, 0.5) is 0 Å². The van der Waals surface area contributed by atoms with Gasteiger partial charge in [-0.3, -0.25) is 9.59 Å². The van der Waals surface area contributed by atoms with Gasteiger partial charge in [0.1, 0.15) is 11.5 Å². The maximum Gasteiger partial charge on any atom is 0.308 e. The van der Waals surface area contributed by atoms with E-state index in [1.807, 2.05) is 0 Å². The predicted octanol–water partition coefficient (Wildman–Crippen LogP) is 3.84. The molecule has 1 N–H and O–H groups in total. The molecule has 0 saturated carbocycles. The van der Waals surface area contributed by atoms with Gasteiger partial charge in [0.25, 0.3) is 0 Å². The molecule has 24 heavy (non-hydrogen) atoms. The van der Waals surface area contributed by atoms with Crippen LogP contribution in [0.15, 0.2) is 18.2 Å². The maximum absolute atomic E-state index is 11.2. The molecular formula is C19H29NO4. The van der Waals surface area contributed by atoms with E-state index in [0.29, 0.717) is 30.0 Å². The number of hydrogen-bond acceptors (Lipinski definition) is 5.